The van der Waals surface area contributed by atoms with Crippen LogP contribution in [0.2, 0.25) is 0 Å². The second kappa shape index (κ2) is 3.12. The van der Waals surface area contributed by atoms with E-state index >= 15 is 0 Å². The van der Waals surface area contributed by atoms with Crippen molar-refractivity contribution in [2.75, 3.05) is 0 Å². The van der Waals surface area contributed by atoms with Gasteiger partial charge in [0.2, 0.25) is 0 Å². The summed E-state index contributed by atoms with van der Waals surface area (Å²) in [5.41, 5.74) is 0.310. The van der Waals surface area contributed by atoms with Crippen LogP contribution in [0.1, 0.15) is 46.5 Å². The van der Waals surface area contributed by atoms with Crippen molar-refractivity contribution >= 4 is 0 Å². The number of halogens is 1. The molecule has 0 aromatic rings. The molecule has 66 valence electrons. The molecule has 0 heterocycles. The molecule has 0 aromatic carbocycles. The molecular weight excluding hydrogens is 139 g/mol. The molecule has 1 aliphatic carbocycles. The number of hydrogen-bond donors (Lipinski definition) is 0. The minimum atomic E-state index is -0.520. The molecule has 0 aromatic heterocycles. The van der Waals surface area contributed by atoms with E-state index in [-0.39, 0.29) is 0 Å². The number of alkyl halides is 1. The van der Waals surface area contributed by atoms with Crippen LogP contribution in [-0.2, 0) is 0 Å². The maximum Gasteiger partial charge on any atom is 0.100 e. The van der Waals surface area contributed by atoms with Gasteiger partial charge in [-0.2, -0.15) is 0 Å². The lowest BCUT2D eigenvalue weighted by atomic mass is 9.72. The van der Waals surface area contributed by atoms with E-state index < -0.39 is 6.17 Å². The summed E-state index contributed by atoms with van der Waals surface area (Å²) in [4.78, 5) is 0. The van der Waals surface area contributed by atoms with Crippen molar-refractivity contribution in [1.82, 2.24) is 0 Å². The lowest BCUT2D eigenvalue weighted by molar-refractivity contribution is 0.115. The quantitative estimate of drug-likeness (QED) is 0.505. The van der Waals surface area contributed by atoms with Crippen molar-refractivity contribution in [3.8, 4) is 0 Å². The molecule has 0 N–H and O–H groups in total. The van der Waals surface area contributed by atoms with Crippen LogP contribution in [0.25, 0.3) is 0 Å². The van der Waals surface area contributed by atoms with Gasteiger partial charge in [-0.1, -0.05) is 27.2 Å². The Morgan fingerprint density at radius 2 is 1.82 bits per heavy atom. The Hall–Kier alpha value is -0.0700. The van der Waals surface area contributed by atoms with E-state index in [1.54, 1.807) is 0 Å². The smallest absolute Gasteiger partial charge is 0.100 e. The normalized spacial score (nSPS) is 33.8. The second-order valence-electron chi connectivity index (χ2n) is 4.83. The van der Waals surface area contributed by atoms with Gasteiger partial charge in [-0.3, -0.25) is 0 Å². The van der Waals surface area contributed by atoms with Gasteiger partial charge in [0.1, 0.15) is 6.17 Å². The highest BCUT2D eigenvalue weighted by Crippen LogP contribution is 2.38. The molecule has 2 atom stereocenters. The molecule has 0 radical (unpaired) electrons. The summed E-state index contributed by atoms with van der Waals surface area (Å²) >= 11 is 0. The first kappa shape index (κ1) is 9.02. The molecule has 0 aliphatic heterocycles. The fourth-order valence-electron chi connectivity index (χ4n) is 1.92. The van der Waals surface area contributed by atoms with Crippen LogP contribution in [0.3, 0.4) is 0 Å². The van der Waals surface area contributed by atoms with Gasteiger partial charge in [-0.25, -0.2) is 4.39 Å². The lowest BCUT2D eigenvalue weighted by Crippen LogP contribution is -2.27. The Labute approximate surface area is 69.2 Å². The fourth-order valence-corrected chi connectivity index (χ4v) is 1.92. The van der Waals surface area contributed by atoms with Gasteiger partial charge in [-0.15, -0.1) is 0 Å². The summed E-state index contributed by atoms with van der Waals surface area (Å²) in [6.07, 6.45) is 3.39. The van der Waals surface area contributed by atoms with E-state index in [0.717, 1.165) is 19.3 Å². The average Bonchev–Trinajstić information content (AvgIpc) is 1.86. The van der Waals surface area contributed by atoms with Crippen molar-refractivity contribution < 1.29 is 4.39 Å². The minimum Gasteiger partial charge on any atom is -0.247 e. The van der Waals surface area contributed by atoms with Gasteiger partial charge in [0, 0.05) is 0 Å². The van der Waals surface area contributed by atoms with Gasteiger partial charge in [-0.05, 0) is 30.6 Å². The van der Waals surface area contributed by atoms with Crippen molar-refractivity contribution in [3.05, 3.63) is 0 Å². The molecule has 11 heavy (non-hydrogen) atoms. The summed E-state index contributed by atoms with van der Waals surface area (Å²) in [5.74, 6) is 0.603. The van der Waals surface area contributed by atoms with Crippen LogP contribution in [0.15, 0.2) is 0 Å². The monoisotopic (exact) mass is 158 g/mol. The first-order valence-electron chi connectivity index (χ1n) is 4.64. The average molecular weight is 158 g/mol. The zero-order valence-corrected chi connectivity index (χ0v) is 7.86. The molecule has 0 bridgehead atoms. The van der Waals surface area contributed by atoms with Crippen LogP contribution in [0.5, 0.6) is 0 Å². The van der Waals surface area contributed by atoms with E-state index in [1.807, 2.05) is 0 Å². The summed E-state index contributed by atoms with van der Waals surface area (Å²) in [6.45, 7) is 6.65. The van der Waals surface area contributed by atoms with Crippen LogP contribution in [0.4, 0.5) is 4.39 Å². The Morgan fingerprint density at radius 3 is 2.18 bits per heavy atom. The molecule has 0 spiro atoms. The molecule has 0 amide bonds. The maximum absolute atomic E-state index is 13.0. The summed E-state index contributed by atoms with van der Waals surface area (Å²) < 4.78 is 13.0. The molecule has 1 unspecified atom stereocenters. The summed E-state index contributed by atoms with van der Waals surface area (Å²) in [7, 11) is 0. The van der Waals surface area contributed by atoms with E-state index in [0.29, 0.717) is 11.3 Å². The highest BCUT2D eigenvalue weighted by molar-refractivity contribution is 4.80. The Bertz CT molecular complexity index is 123. The van der Waals surface area contributed by atoms with Gasteiger partial charge in [0.05, 0.1) is 0 Å². The number of rotatable bonds is 0. The van der Waals surface area contributed by atoms with Crippen LogP contribution < -0.4 is 0 Å². The SMILES string of the molecule is CC(C)(C)C1CCC[C@@H](F)C1. The number of hydrogen-bond acceptors (Lipinski definition) is 0. The molecule has 0 nitrogen and oxygen atoms in total. The van der Waals surface area contributed by atoms with Gasteiger partial charge >= 0.3 is 0 Å². The van der Waals surface area contributed by atoms with E-state index in [1.165, 1.54) is 6.42 Å². The van der Waals surface area contributed by atoms with Gasteiger partial charge in [0.15, 0.2) is 0 Å². The van der Waals surface area contributed by atoms with E-state index in [9.17, 15) is 4.39 Å². The third-order valence-electron chi connectivity index (χ3n) is 2.83. The zero-order valence-electron chi connectivity index (χ0n) is 7.86. The van der Waals surface area contributed by atoms with Gasteiger partial charge < -0.3 is 0 Å². The largest absolute Gasteiger partial charge is 0.247 e. The summed E-state index contributed by atoms with van der Waals surface area (Å²) in [5, 5.41) is 0. The van der Waals surface area contributed by atoms with Crippen LogP contribution >= 0.6 is 0 Å². The predicted octanol–water partition coefficient (Wildman–Crippen LogP) is 3.56. The molecule has 1 aliphatic rings. The first-order chi connectivity index (χ1) is 5.00. The van der Waals surface area contributed by atoms with Crippen molar-refractivity contribution in [2.24, 2.45) is 11.3 Å². The second-order valence-corrected chi connectivity index (χ2v) is 4.83. The van der Waals surface area contributed by atoms with Gasteiger partial charge in [0.25, 0.3) is 0 Å². The minimum absolute atomic E-state index is 0.310. The molecular formula is C10H19F. The van der Waals surface area contributed by atoms with Crippen molar-refractivity contribution in [1.29, 1.82) is 0 Å². The Morgan fingerprint density at radius 1 is 1.18 bits per heavy atom. The highest BCUT2D eigenvalue weighted by Gasteiger charge is 2.30. The molecule has 1 saturated carbocycles. The standard InChI is InChI=1S/C10H19F/c1-10(2,3)8-5-4-6-9(11)7-8/h8-9H,4-7H2,1-3H3/t8?,9-/m1/s1. The Balaban J connectivity index is 2.46. The van der Waals surface area contributed by atoms with Crippen LogP contribution in [-0.4, -0.2) is 6.17 Å². The molecule has 0 saturated heterocycles. The summed E-state index contributed by atoms with van der Waals surface area (Å²) in [6, 6.07) is 0. The predicted molar refractivity (Wildman–Crippen MR) is 46.3 cm³/mol. The third kappa shape index (κ3) is 2.46. The Kier molecular flexibility index (Phi) is 2.56. The molecule has 1 fully saturated rings. The lowest BCUT2D eigenvalue weighted by Gasteiger charge is -2.35. The van der Waals surface area contributed by atoms with E-state index in [4.69, 9.17) is 0 Å². The zero-order chi connectivity index (χ0) is 8.48. The topological polar surface area (TPSA) is 0 Å². The first-order valence-corrected chi connectivity index (χ1v) is 4.64. The molecule has 1 heteroatoms. The van der Waals surface area contributed by atoms with Crippen molar-refractivity contribution in [3.63, 3.8) is 0 Å². The maximum atomic E-state index is 13.0. The van der Waals surface area contributed by atoms with Crippen LogP contribution in [0, 0.1) is 11.3 Å². The third-order valence-corrected chi connectivity index (χ3v) is 2.83. The van der Waals surface area contributed by atoms with Crippen molar-refractivity contribution in [2.45, 2.75) is 52.6 Å². The van der Waals surface area contributed by atoms with E-state index in [2.05, 4.69) is 20.8 Å². The fraction of sp³-hybridized carbons (Fsp3) is 1.00. The molecule has 1 rings (SSSR count). The highest BCUT2D eigenvalue weighted by atomic mass is 19.1.